The zero-order valence-corrected chi connectivity index (χ0v) is 26.3. The Morgan fingerprint density at radius 3 is 2.38 bits per heavy atom. The van der Waals surface area contributed by atoms with Crippen molar-refractivity contribution in [2.45, 2.75) is 17.0 Å². The molecule has 0 aliphatic carbocycles. The Balaban J connectivity index is 1.49. The van der Waals surface area contributed by atoms with Gasteiger partial charge in [0.05, 0.1) is 36.1 Å². The molecule has 0 atom stereocenters. The summed E-state index contributed by atoms with van der Waals surface area (Å²) in [6.07, 6.45) is 1.56. The number of nitrogens with zero attached hydrogens (tertiary/aromatic N) is 4. The van der Waals surface area contributed by atoms with E-state index in [-0.39, 0.29) is 16.6 Å². The Hall–Kier alpha value is -5.07. The number of benzene rings is 4. The number of amides is 1. The minimum atomic E-state index is -3.95. The van der Waals surface area contributed by atoms with Crippen molar-refractivity contribution in [3.05, 3.63) is 109 Å². The van der Waals surface area contributed by atoms with Crippen molar-refractivity contribution in [1.29, 1.82) is 0 Å². The highest BCUT2D eigenvalue weighted by Gasteiger charge is 2.27. The molecule has 0 spiro atoms. The first-order chi connectivity index (χ1) is 21.8. The van der Waals surface area contributed by atoms with E-state index in [4.69, 9.17) is 9.47 Å². The normalized spacial score (nSPS) is 11.4. The Bertz CT molecular complexity index is 2120. The van der Waals surface area contributed by atoms with E-state index in [0.29, 0.717) is 44.6 Å². The van der Waals surface area contributed by atoms with Crippen molar-refractivity contribution in [1.82, 2.24) is 18.7 Å². The lowest BCUT2D eigenvalue weighted by atomic mass is 10.1. The largest absolute Gasteiger partial charge is 0.497 e. The van der Waals surface area contributed by atoms with Crippen LogP contribution in [0.1, 0.15) is 5.56 Å². The minimum absolute atomic E-state index is 0.0445. The molecule has 1 N–H and O–H groups in total. The van der Waals surface area contributed by atoms with E-state index < -0.39 is 10.0 Å². The van der Waals surface area contributed by atoms with Crippen LogP contribution >= 0.6 is 11.8 Å². The molecule has 10 nitrogen and oxygen atoms in total. The predicted octanol–water partition coefficient (Wildman–Crippen LogP) is 6.18. The van der Waals surface area contributed by atoms with Crippen LogP contribution in [0.25, 0.3) is 28.0 Å². The van der Waals surface area contributed by atoms with Gasteiger partial charge in [0, 0.05) is 28.9 Å². The summed E-state index contributed by atoms with van der Waals surface area (Å²) in [4.78, 5) is 13.2. The summed E-state index contributed by atoms with van der Waals surface area (Å²) in [7, 11) is -0.832. The fraction of sp³-hybridized carbons (Fsp3) is 0.121. The van der Waals surface area contributed by atoms with Crippen molar-refractivity contribution in [3.8, 4) is 28.6 Å². The second-order valence-corrected chi connectivity index (χ2v) is 12.8. The molecule has 6 rings (SSSR count). The minimum Gasteiger partial charge on any atom is -0.497 e. The van der Waals surface area contributed by atoms with Gasteiger partial charge in [0.1, 0.15) is 11.5 Å². The Morgan fingerprint density at radius 1 is 0.889 bits per heavy atom. The maximum atomic E-state index is 13.8. The number of aromatic nitrogens is 4. The van der Waals surface area contributed by atoms with Crippen LogP contribution in [0.3, 0.4) is 0 Å². The highest BCUT2D eigenvalue weighted by atomic mass is 32.2. The number of thioether (sulfide) groups is 1. The average molecular weight is 640 g/mol. The molecule has 6 aromatic rings. The Morgan fingerprint density at radius 2 is 1.62 bits per heavy atom. The number of hydrogen-bond donors (Lipinski definition) is 1. The second-order valence-electron chi connectivity index (χ2n) is 10.0. The quantitative estimate of drug-likeness (QED) is 0.177. The van der Waals surface area contributed by atoms with Gasteiger partial charge in [-0.3, -0.25) is 9.36 Å². The molecule has 1 amide bonds. The summed E-state index contributed by atoms with van der Waals surface area (Å²) in [5.74, 6) is 1.26. The number of aryl methyl sites for hydroxylation is 1. The zero-order chi connectivity index (χ0) is 31.6. The van der Waals surface area contributed by atoms with Crippen LogP contribution in [0.5, 0.6) is 11.5 Å². The molecule has 0 fully saturated rings. The smallest absolute Gasteiger partial charge is 0.268 e. The van der Waals surface area contributed by atoms with Crippen LogP contribution in [-0.2, 0) is 14.8 Å². The maximum Gasteiger partial charge on any atom is 0.268 e. The third kappa shape index (κ3) is 5.77. The van der Waals surface area contributed by atoms with Crippen molar-refractivity contribution in [2.24, 2.45) is 0 Å². The van der Waals surface area contributed by atoms with Crippen LogP contribution in [-0.4, -0.2) is 53.0 Å². The van der Waals surface area contributed by atoms with Gasteiger partial charge in [-0.15, -0.1) is 10.2 Å². The van der Waals surface area contributed by atoms with E-state index >= 15 is 0 Å². The lowest BCUT2D eigenvalue weighted by Gasteiger charge is -2.15. The lowest BCUT2D eigenvalue weighted by molar-refractivity contribution is -0.113. The Labute approximate surface area is 264 Å². The standard InChI is InChI=1S/C33H29N5O5S2/c1-22-11-7-9-15-27(22)34-31(39)21-44-33-36-35-32(38(33)29-19-23(42-2)17-18-30(29)43-3)26-20-37(28-16-10-8-14-25(26)28)45(40,41)24-12-5-4-6-13-24/h4-20H,21H2,1-3H3,(H,34,39). The van der Waals surface area contributed by atoms with Gasteiger partial charge in [0.2, 0.25) is 5.91 Å². The number of rotatable bonds is 10. The van der Waals surface area contributed by atoms with Gasteiger partial charge in [-0.05, 0) is 48.9 Å². The number of methoxy groups -OCH3 is 2. The summed E-state index contributed by atoms with van der Waals surface area (Å²) < 4.78 is 41.9. The first kappa shape index (κ1) is 30.0. The highest BCUT2D eigenvalue weighted by Crippen LogP contribution is 2.38. The molecule has 0 bridgehead atoms. The van der Waals surface area contributed by atoms with Crippen LogP contribution in [0, 0.1) is 6.92 Å². The topological polar surface area (TPSA) is 117 Å². The molecule has 228 valence electrons. The van der Waals surface area contributed by atoms with E-state index in [1.165, 1.54) is 15.7 Å². The molecule has 0 saturated heterocycles. The second kappa shape index (κ2) is 12.5. The van der Waals surface area contributed by atoms with E-state index in [1.807, 2.05) is 43.3 Å². The fourth-order valence-corrected chi connectivity index (χ4v) is 7.12. The average Bonchev–Trinajstić information content (AvgIpc) is 3.67. The summed E-state index contributed by atoms with van der Waals surface area (Å²) in [5, 5.41) is 13.0. The number of carbonyl (C=O) groups is 1. The Kier molecular flexibility index (Phi) is 8.33. The number of ether oxygens (including phenoxy) is 2. The monoisotopic (exact) mass is 639 g/mol. The van der Waals surface area contributed by atoms with E-state index in [0.717, 1.165) is 11.3 Å². The molecule has 12 heteroatoms. The molecule has 0 radical (unpaired) electrons. The number of anilines is 1. The molecule has 4 aromatic carbocycles. The first-order valence-corrected chi connectivity index (χ1v) is 16.3. The van der Waals surface area contributed by atoms with Gasteiger partial charge in [-0.1, -0.05) is 66.4 Å². The molecule has 2 aromatic heterocycles. The molecule has 2 heterocycles. The molecule has 0 saturated carbocycles. The lowest BCUT2D eigenvalue weighted by Crippen LogP contribution is -2.15. The van der Waals surface area contributed by atoms with Gasteiger partial charge in [-0.25, -0.2) is 12.4 Å². The summed E-state index contributed by atoms with van der Waals surface area (Å²) in [5.41, 5.74) is 3.24. The summed E-state index contributed by atoms with van der Waals surface area (Å²) >= 11 is 1.19. The van der Waals surface area contributed by atoms with Crippen LogP contribution in [0.15, 0.2) is 113 Å². The number of fused-ring (bicyclic) bond motifs is 1. The van der Waals surface area contributed by atoms with E-state index in [9.17, 15) is 13.2 Å². The van der Waals surface area contributed by atoms with Gasteiger partial charge < -0.3 is 14.8 Å². The number of para-hydroxylation sites is 2. The molecule has 0 unspecified atom stereocenters. The van der Waals surface area contributed by atoms with Gasteiger partial charge >= 0.3 is 0 Å². The van der Waals surface area contributed by atoms with Gasteiger partial charge in [0.25, 0.3) is 10.0 Å². The SMILES string of the molecule is COc1ccc(OC)c(-n2c(SCC(=O)Nc3ccccc3C)nnc2-c2cn(S(=O)(=O)c3ccccc3)c3ccccc23)c1. The number of carbonyl (C=O) groups excluding carboxylic acids is 1. The van der Waals surface area contributed by atoms with Crippen LogP contribution < -0.4 is 14.8 Å². The maximum absolute atomic E-state index is 13.8. The van der Waals surface area contributed by atoms with Gasteiger partial charge in [-0.2, -0.15) is 0 Å². The van der Waals surface area contributed by atoms with Crippen molar-refractivity contribution < 1.29 is 22.7 Å². The third-order valence-electron chi connectivity index (χ3n) is 7.23. The fourth-order valence-electron chi connectivity index (χ4n) is 4.99. The summed E-state index contributed by atoms with van der Waals surface area (Å²) in [6, 6.07) is 28.3. The van der Waals surface area contributed by atoms with Crippen LogP contribution in [0.4, 0.5) is 5.69 Å². The van der Waals surface area contributed by atoms with Crippen molar-refractivity contribution in [2.75, 3.05) is 25.3 Å². The molecule has 45 heavy (non-hydrogen) atoms. The number of nitrogens with one attached hydrogen (secondary N) is 1. The van der Waals surface area contributed by atoms with Crippen molar-refractivity contribution >= 4 is 44.3 Å². The van der Waals surface area contributed by atoms with E-state index in [1.54, 1.807) is 85.6 Å². The van der Waals surface area contributed by atoms with Crippen molar-refractivity contribution in [3.63, 3.8) is 0 Å². The molecular formula is C33H29N5O5S2. The summed E-state index contributed by atoms with van der Waals surface area (Å²) in [6.45, 7) is 1.93. The molecular weight excluding hydrogens is 611 g/mol. The highest BCUT2D eigenvalue weighted by molar-refractivity contribution is 7.99. The zero-order valence-electron chi connectivity index (χ0n) is 24.7. The third-order valence-corrected chi connectivity index (χ3v) is 9.85. The number of hydrogen-bond acceptors (Lipinski definition) is 8. The van der Waals surface area contributed by atoms with Gasteiger partial charge in [0.15, 0.2) is 11.0 Å². The molecule has 0 aliphatic heterocycles. The van der Waals surface area contributed by atoms with Crippen LogP contribution in [0.2, 0.25) is 0 Å². The predicted molar refractivity (Wildman–Crippen MR) is 175 cm³/mol. The van der Waals surface area contributed by atoms with E-state index in [2.05, 4.69) is 15.5 Å². The first-order valence-electron chi connectivity index (χ1n) is 13.9. The molecule has 0 aliphatic rings.